The number of nitrogens with one attached hydrogen (secondary N) is 2. The average molecular weight is 358 g/mol. The molecule has 3 rings (SSSR count). The standard InChI is InChI=1S/C20H23FN2O3/c1-13-2-4-14(5-3-13)10-22-17-12-26-18(19(17)24)11-23-20(25)15-6-8-16(21)9-7-15/h2-9,17-19,22,24H,10-12H2,1H3,(H,23,25)/t17-,18-,19+/m1/s1. The Bertz CT molecular complexity index is 734. The second-order valence-corrected chi connectivity index (χ2v) is 6.55. The minimum absolute atomic E-state index is 0.191. The third kappa shape index (κ3) is 4.66. The minimum Gasteiger partial charge on any atom is -0.389 e. The van der Waals surface area contributed by atoms with Crippen molar-refractivity contribution < 1.29 is 19.0 Å². The highest BCUT2D eigenvalue weighted by atomic mass is 19.1. The molecule has 0 radical (unpaired) electrons. The van der Waals surface area contributed by atoms with E-state index in [1.165, 1.54) is 29.8 Å². The quantitative estimate of drug-likeness (QED) is 0.736. The van der Waals surface area contributed by atoms with E-state index >= 15 is 0 Å². The van der Waals surface area contributed by atoms with Crippen molar-refractivity contribution in [3.05, 3.63) is 71.0 Å². The van der Waals surface area contributed by atoms with Crippen LogP contribution in [0.25, 0.3) is 0 Å². The molecule has 0 saturated carbocycles. The Morgan fingerprint density at radius 2 is 1.88 bits per heavy atom. The van der Waals surface area contributed by atoms with Gasteiger partial charge >= 0.3 is 0 Å². The van der Waals surface area contributed by atoms with Crippen molar-refractivity contribution >= 4 is 5.91 Å². The number of carbonyl (C=O) groups excluding carboxylic acids is 1. The summed E-state index contributed by atoms with van der Waals surface area (Å²) in [5, 5.41) is 16.4. The zero-order valence-corrected chi connectivity index (χ0v) is 14.6. The zero-order valence-electron chi connectivity index (χ0n) is 14.6. The van der Waals surface area contributed by atoms with Gasteiger partial charge in [-0.3, -0.25) is 4.79 Å². The smallest absolute Gasteiger partial charge is 0.251 e. The molecular weight excluding hydrogens is 335 g/mol. The predicted molar refractivity (Wildman–Crippen MR) is 96.3 cm³/mol. The highest BCUT2D eigenvalue weighted by molar-refractivity contribution is 5.94. The predicted octanol–water partition coefficient (Wildman–Crippen LogP) is 1.78. The molecule has 3 atom stereocenters. The number of benzene rings is 2. The van der Waals surface area contributed by atoms with Gasteiger partial charge in [-0.1, -0.05) is 29.8 Å². The number of halogens is 1. The lowest BCUT2D eigenvalue weighted by atomic mass is 10.1. The van der Waals surface area contributed by atoms with Gasteiger partial charge in [0.25, 0.3) is 5.91 Å². The van der Waals surface area contributed by atoms with E-state index in [2.05, 4.69) is 10.6 Å². The summed E-state index contributed by atoms with van der Waals surface area (Å²) in [5.41, 5.74) is 2.71. The van der Waals surface area contributed by atoms with Gasteiger partial charge in [0.15, 0.2) is 0 Å². The summed E-state index contributed by atoms with van der Waals surface area (Å²) in [6, 6.07) is 13.3. The van der Waals surface area contributed by atoms with E-state index in [1.807, 2.05) is 31.2 Å². The maximum Gasteiger partial charge on any atom is 0.251 e. The normalized spacial score (nSPS) is 22.3. The lowest BCUT2D eigenvalue weighted by Crippen LogP contribution is -2.44. The van der Waals surface area contributed by atoms with E-state index in [-0.39, 0.29) is 18.5 Å². The van der Waals surface area contributed by atoms with Crippen LogP contribution < -0.4 is 10.6 Å². The number of aryl methyl sites for hydroxylation is 1. The molecule has 1 aliphatic heterocycles. The van der Waals surface area contributed by atoms with E-state index in [1.54, 1.807) is 0 Å². The number of aliphatic hydroxyl groups is 1. The van der Waals surface area contributed by atoms with Gasteiger partial charge < -0.3 is 20.5 Å². The summed E-state index contributed by atoms with van der Waals surface area (Å²) < 4.78 is 18.5. The van der Waals surface area contributed by atoms with Crippen LogP contribution in [0.2, 0.25) is 0 Å². The first kappa shape index (κ1) is 18.5. The van der Waals surface area contributed by atoms with Crippen LogP contribution in [0.5, 0.6) is 0 Å². The second kappa shape index (κ2) is 8.40. The first-order valence-corrected chi connectivity index (χ1v) is 8.65. The molecule has 138 valence electrons. The molecule has 0 aliphatic carbocycles. The molecule has 1 aliphatic rings. The molecular formula is C20H23FN2O3. The highest BCUT2D eigenvalue weighted by Crippen LogP contribution is 2.15. The third-order valence-electron chi connectivity index (χ3n) is 4.54. The lowest BCUT2D eigenvalue weighted by Gasteiger charge is -2.19. The molecule has 3 N–H and O–H groups in total. The number of hydrogen-bond acceptors (Lipinski definition) is 4. The Balaban J connectivity index is 1.46. The topological polar surface area (TPSA) is 70.6 Å². The Kier molecular flexibility index (Phi) is 5.98. The molecule has 1 amide bonds. The van der Waals surface area contributed by atoms with Gasteiger partial charge in [-0.25, -0.2) is 4.39 Å². The number of hydrogen-bond donors (Lipinski definition) is 3. The first-order valence-electron chi connectivity index (χ1n) is 8.65. The molecule has 2 aromatic carbocycles. The number of amides is 1. The summed E-state index contributed by atoms with van der Waals surface area (Å²) >= 11 is 0. The number of ether oxygens (including phenoxy) is 1. The SMILES string of the molecule is Cc1ccc(CN[C@@H]2CO[C@H](CNC(=O)c3ccc(F)cc3)[C@H]2O)cc1. The van der Waals surface area contributed by atoms with E-state index in [4.69, 9.17) is 4.74 Å². The van der Waals surface area contributed by atoms with Crippen molar-refractivity contribution in [3.63, 3.8) is 0 Å². The number of rotatable bonds is 6. The van der Waals surface area contributed by atoms with Gasteiger partial charge in [0.05, 0.1) is 18.8 Å². The van der Waals surface area contributed by atoms with Crippen LogP contribution in [0.4, 0.5) is 4.39 Å². The summed E-state index contributed by atoms with van der Waals surface area (Å²) in [6.45, 7) is 3.25. The summed E-state index contributed by atoms with van der Waals surface area (Å²) in [7, 11) is 0. The fraction of sp³-hybridized carbons (Fsp3) is 0.350. The summed E-state index contributed by atoms with van der Waals surface area (Å²) in [4.78, 5) is 12.1. The molecule has 6 heteroatoms. The molecule has 0 aromatic heterocycles. The fourth-order valence-electron chi connectivity index (χ4n) is 2.89. The molecule has 1 fully saturated rings. The van der Waals surface area contributed by atoms with Crippen LogP contribution in [0.3, 0.4) is 0 Å². The first-order chi connectivity index (χ1) is 12.5. The van der Waals surface area contributed by atoms with Crippen LogP contribution in [-0.4, -0.2) is 42.4 Å². The number of carbonyl (C=O) groups is 1. The van der Waals surface area contributed by atoms with E-state index in [9.17, 15) is 14.3 Å². The Hall–Kier alpha value is -2.28. The van der Waals surface area contributed by atoms with Gasteiger partial charge in [-0.2, -0.15) is 0 Å². The molecule has 0 unspecified atom stereocenters. The second-order valence-electron chi connectivity index (χ2n) is 6.55. The van der Waals surface area contributed by atoms with E-state index < -0.39 is 18.0 Å². The third-order valence-corrected chi connectivity index (χ3v) is 4.54. The largest absolute Gasteiger partial charge is 0.389 e. The van der Waals surface area contributed by atoms with E-state index in [0.29, 0.717) is 18.7 Å². The lowest BCUT2D eigenvalue weighted by molar-refractivity contribution is 0.0398. The Morgan fingerprint density at radius 1 is 1.19 bits per heavy atom. The Morgan fingerprint density at radius 3 is 2.58 bits per heavy atom. The van der Waals surface area contributed by atoms with Gasteiger partial charge in [0, 0.05) is 18.7 Å². The van der Waals surface area contributed by atoms with Crippen LogP contribution in [-0.2, 0) is 11.3 Å². The van der Waals surface area contributed by atoms with E-state index in [0.717, 1.165) is 5.56 Å². The van der Waals surface area contributed by atoms with Crippen molar-refractivity contribution in [1.82, 2.24) is 10.6 Å². The fourth-order valence-corrected chi connectivity index (χ4v) is 2.89. The van der Waals surface area contributed by atoms with Crippen molar-refractivity contribution in [3.8, 4) is 0 Å². The number of aliphatic hydroxyl groups excluding tert-OH is 1. The maximum absolute atomic E-state index is 12.9. The van der Waals surface area contributed by atoms with Crippen molar-refractivity contribution in [2.24, 2.45) is 0 Å². The van der Waals surface area contributed by atoms with Crippen molar-refractivity contribution in [1.29, 1.82) is 0 Å². The summed E-state index contributed by atoms with van der Waals surface area (Å²) in [6.07, 6.45) is -1.19. The molecule has 0 bridgehead atoms. The monoisotopic (exact) mass is 358 g/mol. The van der Waals surface area contributed by atoms with Crippen molar-refractivity contribution in [2.75, 3.05) is 13.2 Å². The maximum atomic E-state index is 12.9. The molecule has 1 saturated heterocycles. The van der Waals surface area contributed by atoms with Gasteiger partial charge in [-0.15, -0.1) is 0 Å². The molecule has 5 nitrogen and oxygen atoms in total. The van der Waals surface area contributed by atoms with Crippen LogP contribution >= 0.6 is 0 Å². The minimum atomic E-state index is -0.714. The van der Waals surface area contributed by atoms with Gasteiger partial charge in [-0.05, 0) is 36.8 Å². The average Bonchev–Trinajstić information content (AvgIpc) is 3.00. The van der Waals surface area contributed by atoms with Gasteiger partial charge in [0.1, 0.15) is 11.9 Å². The van der Waals surface area contributed by atoms with Gasteiger partial charge in [0.2, 0.25) is 0 Å². The summed E-state index contributed by atoms with van der Waals surface area (Å²) in [5.74, 6) is -0.713. The molecule has 1 heterocycles. The zero-order chi connectivity index (χ0) is 18.5. The Labute approximate surface area is 152 Å². The van der Waals surface area contributed by atoms with Crippen LogP contribution in [0, 0.1) is 12.7 Å². The van der Waals surface area contributed by atoms with Crippen LogP contribution in [0.1, 0.15) is 21.5 Å². The molecule has 0 spiro atoms. The van der Waals surface area contributed by atoms with Crippen LogP contribution in [0.15, 0.2) is 48.5 Å². The molecule has 2 aromatic rings. The van der Waals surface area contributed by atoms with Crippen molar-refractivity contribution in [2.45, 2.75) is 31.7 Å². The molecule has 26 heavy (non-hydrogen) atoms. The highest BCUT2D eigenvalue weighted by Gasteiger charge is 2.35.